The van der Waals surface area contributed by atoms with Gasteiger partial charge in [-0.05, 0) is 37.5 Å². The molecule has 3 N–H and O–H groups in total. The van der Waals surface area contributed by atoms with Crippen LogP contribution in [-0.2, 0) is 0 Å². The lowest BCUT2D eigenvalue weighted by molar-refractivity contribution is 0.872. The quantitative estimate of drug-likeness (QED) is 0.867. The Morgan fingerprint density at radius 2 is 2.11 bits per heavy atom. The van der Waals surface area contributed by atoms with E-state index in [2.05, 4.69) is 40.5 Å². The maximum Gasteiger partial charge on any atom is 0.244 e. The van der Waals surface area contributed by atoms with Crippen molar-refractivity contribution in [1.82, 2.24) is 14.8 Å². The van der Waals surface area contributed by atoms with Crippen LogP contribution in [0.1, 0.15) is 24.5 Å². The fraction of sp³-hybridized carbons (Fsp3) is 0.385. The van der Waals surface area contributed by atoms with Gasteiger partial charge in [-0.1, -0.05) is 19.1 Å². The number of aryl methyl sites for hydroxylation is 2. The van der Waals surface area contributed by atoms with Gasteiger partial charge in [0.1, 0.15) is 0 Å². The summed E-state index contributed by atoms with van der Waals surface area (Å²) < 4.78 is 1.68. The Balaban J connectivity index is 2.38. The topological polar surface area (TPSA) is 68.8 Å². The Morgan fingerprint density at radius 3 is 2.83 bits per heavy atom. The third-order valence-corrected chi connectivity index (χ3v) is 2.76. The van der Waals surface area contributed by atoms with Crippen molar-refractivity contribution in [1.29, 1.82) is 0 Å². The average Bonchev–Trinajstić information content (AvgIpc) is 2.71. The number of nitrogen functional groups attached to an aromatic ring is 1. The summed E-state index contributed by atoms with van der Waals surface area (Å²) in [5.41, 5.74) is 9.19. The molecule has 1 aromatic heterocycles. The summed E-state index contributed by atoms with van der Waals surface area (Å²) >= 11 is 0. The van der Waals surface area contributed by atoms with Gasteiger partial charge in [-0.25, -0.2) is 0 Å². The van der Waals surface area contributed by atoms with E-state index in [4.69, 9.17) is 5.73 Å². The lowest BCUT2D eigenvalue weighted by atomic mass is 10.1. The van der Waals surface area contributed by atoms with Crippen molar-refractivity contribution in [3.63, 3.8) is 0 Å². The van der Waals surface area contributed by atoms with E-state index in [1.54, 1.807) is 4.68 Å². The summed E-state index contributed by atoms with van der Waals surface area (Å²) in [7, 11) is 0. The van der Waals surface area contributed by atoms with E-state index in [1.165, 1.54) is 5.56 Å². The molecule has 0 atom stereocenters. The van der Waals surface area contributed by atoms with E-state index >= 15 is 0 Å². The molecule has 0 saturated heterocycles. The molecule has 0 aliphatic rings. The molecule has 0 radical (unpaired) electrons. The Hall–Kier alpha value is -2.04. The minimum atomic E-state index is 0.405. The van der Waals surface area contributed by atoms with E-state index < -0.39 is 0 Å². The van der Waals surface area contributed by atoms with Gasteiger partial charge in [0, 0.05) is 6.54 Å². The molecule has 0 bridgehead atoms. The molecule has 96 valence electrons. The predicted octanol–water partition coefficient (Wildman–Crippen LogP) is 2.29. The normalized spacial score (nSPS) is 10.6. The number of nitrogens with one attached hydrogen (secondary N) is 1. The largest absolute Gasteiger partial charge is 0.368 e. The van der Waals surface area contributed by atoms with Gasteiger partial charge in [0.25, 0.3) is 0 Å². The van der Waals surface area contributed by atoms with Crippen LogP contribution in [-0.4, -0.2) is 21.3 Å². The van der Waals surface area contributed by atoms with Crippen molar-refractivity contribution in [3.8, 4) is 5.69 Å². The second-order valence-corrected chi connectivity index (χ2v) is 4.42. The van der Waals surface area contributed by atoms with Gasteiger partial charge in [-0.15, -0.1) is 5.10 Å². The van der Waals surface area contributed by atoms with Crippen molar-refractivity contribution in [3.05, 3.63) is 29.3 Å². The Bertz CT molecular complexity index is 544. The number of nitrogens with zero attached hydrogens (tertiary/aromatic N) is 3. The van der Waals surface area contributed by atoms with E-state index in [1.807, 2.05) is 13.8 Å². The zero-order valence-electron chi connectivity index (χ0n) is 11.1. The molecule has 5 nitrogen and oxygen atoms in total. The molecule has 0 saturated carbocycles. The minimum absolute atomic E-state index is 0.405. The third kappa shape index (κ3) is 2.45. The number of nitrogens with two attached hydrogens (primary N) is 1. The Kier molecular flexibility index (Phi) is 3.50. The van der Waals surface area contributed by atoms with Gasteiger partial charge in [0.2, 0.25) is 11.9 Å². The third-order valence-electron chi connectivity index (χ3n) is 2.76. The molecule has 0 aliphatic carbocycles. The van der Waals surface area contributed by atoms with Crippen molar-refractivity contribution >= 4 is 11.9 Å². The predicted molar refractivity (Wildman–Crippen MR) is 74.0 cm³/mol. The van der Waals surface area contributed by atoms with Crippen molar-refractivity contribution < 1.29 is 0 Å². The molecule has 0 unspecified atom stereocenters. The number of aromatic nitrogens is 3. The molecule has 0 aliphatic heterocycles. The van der Waals surface area contributed by atoms with Gasteiger partial charge in [0.15, 0.2) is 0 Å². The van der Waals surface area contributed by atoms with Gasteiger partial charge in [0.05, 0.1) is 5.69 Å². The van der Waals surface area contributed by atoms with Gasteiger partial charge < -0.3 is 11.1 Å². The van der Waals surface area contributed by atoms with E-state index in [0.29, 0.717) is 11.9 Å². The zero-order valence-corrected chi connectivity index (χ0v) is 11.1. The van der Waals surface area contributed by atoms with Gasteiger partial charge >= 0.3 is 0 Å². The smallest absolute Gasteiger partial charge is 0.244 e. The van der Waals surface area contributed by atoms with Crippen molar-refractivity contribution in [2.45, 2.75) is 27.2 Å². The van der Waals surface area contributed by atoms with Crippen LogP contribution in [0.5, 0.6) is 0 Å². The zero-order chi connectivity index (χ0) is 13.1. The molecule has 1 aromatic carbocycles. The van der Waals surface area contributed by atoms with Crippen LogP contribution in [0.25, 0.3) is 5.69 Å². The van der Waals surface area contributed by atoms with Crippen LogP contribution in [0.2, 0.25) is 0 Å². The fourth-order valence-electron chi connectivity index (χ4n) is 1.76. The SMILES string of the molecule is CCCNc1nc(N)n(-c2cc(C)ccc2C)n1. The molecule has 1 heterocycles. The first-order chi connectivity index (χ1) is 8.61. The Morgan fingerprint density at radius 1 is 1.33 bits per heavy atom. The van der Waals surface area contributed by atoms with E-state index in [-0.39, 0.29) is 0 Å². The number of rotatable bonds is 4. The lowest BCUT2D eigenvalue weighted by Crippen LogP contribution is -2.05. The van der Waals surface area contributed by atoms with Crippen molar-refractivity contribution in [2.24, 2.45) is 0 Å². The van der Waals surface area contributed by atoms with Crippen LogP contribution in [0, 0.1) is 13.8 Å². The average molecular weight is 245 g/mol. The molecule has 5 heteroatoms. The highest BCUT2D eigenvalue weighted by atomic mass is 15.4. The lowest BCUT2D eigenvalue weighted by Gasteiger charge is -2.07. The molecule has 0 amide bonds. The highest BCUT2D eigenvalue weighted by Gasteiger charge is 2.10. The van der Waals surface area contributed by atoms with E-state index in [0.717, 1.165) is 24.2 Å². The molecular formula is C13H19N5. The fourth-order valence-corrected chi connectivity index (χ4v) is 1.76. The molecule has 0 spiro atoms. The summed E-state index contributed by atoms with van der Waals surface area (Å²) in [5.74, 6) is 0.984. The summed E-state index contributed by atoms with van der Waals surface area (Å²) in [6.45, 7) is 7.02. The van der Waals surface area contributed by atoms with Crippen LogP contribution in [0.4, 0.5) is 11.9 Å². The number of hydrogen-bond donors (Lipinski definition) is 2. The first kappa shape index (κ1) is 12.4. The van der Waals surface area contributed by atoms with Crippen LogP contribution in [0.15, 0.2) is 18.2 Å². The van der Waals surface area contributed by atoms with Crippen LogP contribution >= 0.6 is 0 Å². The molecule has 0 fully saturated rings. The maximum absolute atomic E-state index is 5.91. The van der Waals surface area contributed by atoms with Crippen LogP contribution < -0.4 is 11.1 Å². The first-order valence-electron chi connectivity index (χ1n) is 6.16. The second kappa shape index (κ2) is 5.08. The number of anilines is 2. The molecular weight excluding hydrogens is 226 g/mol. The number of benzene rings is 1. The highest BCUT2D eigenvalue weighted by Crippen LogP contribution is 2.19. The highest BCUT2D eigenvalue weighted by molar-refractivity contribution is 5.48. The summed E-state index contributed by atoms with van der Waals surface area (Å²) in [6, 6.07) is 6.19. The summed E-state index contributed by atoms with van der Waals surface area (Å²) in [6.07, 6.45) is 1.03. The van der Waals surface area contributed by atoms with Gasteiger partial charge in [-0.3, -0.25) is 0 Å². The van der Waals surface area contributed by atoms with Crippen LogP contribution in [0.3, 0.4) is 0 Å². The monoisotopic (exact) mass is 245 g/mol. The first-order valence-corrected chi connectivity index (χ1v) is 6.16. The Labute approximate surface area is 107 Å². The van der Waals surface area contributed by atoms with Gasteiger partial charge in [-0.2, -0.15) is 9.67 Å². The minimum Gasteiger partial charge on any atom is -0.368 e. The van der Waals surface area contributed by atoms with Crippen molar-refractivity contribution in [2.75, 3.05) is 17.6 Å². The number of hydrogen-bond acceptors (Lipinski definition) is 4. The summed E-state index contributed by atoms with van der Waals surface area (Å²) in [5, 5.41) is 7.53. The molecule has 18 heavy (non-hydrogen) atoms. The standard InChI is InChI=1S/C13H19N5/c1-4-7-15-13-16-12(14)18(17-13)11-8-9(2)5-6-10(11)3/h5-6,8H,4,7H2,1-3H3,(H3,14,15,16,17). The maximum atomic E-state index is 5.91. The molecule has 2 aromatic rings. The van der Waals surface area contributed by atoms with E-state index in [9.17, 15) is 0 Å². The summed E-state index contributed by atoms with van der Waals surface area (Å²) in [4.78, 5) is 4.21. The second-order valence-electron chi connectivity index (χ2n) is 4.42. The molecule has 2 rings (SSSR count).